The predicted molar refractivity (Wildman–Crippen MR) is 86.3 cm³/mol. The number of nitrogens with zero attached hydrogens (tertiary/aromatic N) is 2. The summed E-state index contributed by atoms with van der Waals surface area (Å²) in [6.45, 7) is 6.55. The van der Waals surface area contributed by atoms with Crippen molar-refractivity contribution in [1.82, 2.24) is 15.1 Å². The van der Waals surface area contributed by atoms with Crippen LogP contribution < -0.4 is 5.32 Å². The summed E-state index contributed by atoms with van der Waals surface area (Å²) in [5.74, 6) is 0.152. The van der Waals surface area contributed by atoms with Crippen molar-refractivity contribution in [1.29, 1.82) is 0 Å². The van der Waals surface area contributed by atoms with Gasteiger partial charge in [0.25, 0.3) is 0 Å². The minimum atomic E-state index is 0.152. The molecule has 1 aromatic carbocycles. The Labute approximate surface area is 128 Å². The van der Waals surface area contributed by atoms with Gasteiger partial charge in [0.15, 0.2) is 0 Å². The fourth-order valence-electron chi connectivity index (χ4n) is 2.82. The van der Waals surface area contributed by atoms with E-state index in [4.69, 9.17) is 0 Å². The van der Waals surface area contributed by atoms with Gasteiger partial charge in [0.2, 0.25) is 5.91 Å². The molecule has 0 unspecified atom stereocenters. The molecule has 0 aliphatic carbocycles. The Balaban J connectivity index is 1.61. The van der Waals surface area contributed by atoms with Gasteiger partial charge in [-0.2, -0.15) is 0 Å². The highest BCUT2D eigenvalue weighted by Gasteiger charge is 2.22. The second-order valence-corrected chi connectivity index (χ2v) is 6.02. The van der Waals surface area contributed by atoms with Gasteiger partial charge >= 0.3 is 0 Å². The quantitative estimate of drug-likeness (QED) is 0.804. The van der Waals surface area contributed by atoms with Crippen LogP contribution in [0, 0.1) is 0 Å². The van der Waals surface area contributed by atoms with Gasteiger partial charge in [0, 0.05) is 32.2 Å². The average molecular weight is 289 g/mol. The minimum Gasteiger partial charge on any atom is -0.355 e. The van der Waals surface area contributed by atoms with Gasteiger partial charge < -0.3 is 10.2 Å². The van der Waals surface area contributed by atoms with E-state index in [9.17, 15) is 4.79 Å². The number of amides is 1. The maximum atomic E-state index is 12.0. The fraction of sp³-hybridized carbons (Fsp3) is 0.588. The minimum absolute atomic E-state index is 0.152. The van der Waals surface area contributed by atoms with E-state index in [0.29, 0.717) is 12.6 Å². The van der Waals surface area contributed by atoms with Crippen molar-refractivity contribution in [2.45, 2.75) is 25.8 Å². The van der Waals surface area contributed by atoms with Gasteiger partial charge in [-0.05, 0) is 32.4 Å². The number of carbonyl (C=O) groups excluding carboxylic acids is 1. The van der Waals surface area contributed by atoms with Crippen LogP contribution in [0.5, 0.6) is 0 Å². The number of rotatable bonds is 6. The van der Waals surface area contributed by atoms with Crippen LogP contribution in [0.25, 0.3) is 0 Å². The third-order valence-electron chi connectivity index (χ3n) is 4.12. The Morgan fingerprint density at radius 2 is 2.05 bits per heavy atom. The van der Waals surface area contributed by atoms with Crippen LogP contribution >= 0.6 is 0 Å². The molecule has 1 fully saturated rings. The summed E-state index contributed by atoms with van der Waals surface area (Å²) in [6, 6.07) is 10.9. The highest BCUT2D eigenvalue weighted by atomic mass is 16.2. The van der Waals surface area contributed by atoms with E-state index in [1.807, 2.05) is 6.07 Å². The maximum absolute atomic E-state index is 12.0. The maximum Gasteiger partial charge on any atom is 0.234 e. The van der Waals surface area contributed by atoms with E-state index in [0.717, 1.165) is 39.0 Å². The van der Waals surface area contributed by atoms with Crippen LogP contribution in [0.15, 0.2) is 30.3 Å². The van der Waals surface area contributed by atoms with Crippen LogP contribution in [0.1, 0.15) is 18.9 Å². The van der Waals surface area contributed by atoms with Gasteiger partial charge in [-0.1, -0.05) is 30.3 Å². The van der Waals surface area contributed by atoms with E-state index in [1.54, 1.807) is 0 Å². The van der Waals surface area contributed by atoms with E-state index >= 15 is 0 Å². The molecule has 1 N–H and O–H groups in total. The zero-order chi connectivity index (χ0) is 15.1. The van der Waals surface area contributed by atoms with Crippen LogP contribution in [-0.2, 0) is 11.2 Å². The second kappa shape index (κ2) is 8.15. The zero-order valence-electron chi connectivity index (χ0n) is 13.2. The standard InChI is InChI=1S/C17H27N3O/c1-15-13-19(2)11-12-20(15)14-17(21)18-10-6-9-16-7-4-3-5-8-16/h3-5,7-8,15H,6,9-14H2,1-2H3,(H,18,21)/t15-/m1/s1. The molecule has 0 saturated carbocycles. The molecule has 0 aromatic heterocycles. The van der Waals surface area contributed by atoms with Gasteiger partial charge in [-0.25, -0.2) is 0 Å². The Kier molecular flexibility index (Phi) is 6.21. The van der Waals surface area contributed by atoms with Crippen molar-refractivity contribution in [3.8, 4) is 0 Å². The fourth-order valence-corrected chi connectivity index (χ4v) is 2.82. The normalized spacial score (nSPS) is 20.4. The van der Waals surface area contributed by atoms with Crippen LogP contribution in [0.2, 0.25) is 0 Å². The van der Waals surface area contributed by atoms with Gasteiger partial charge in [-0.15, -0.1) is 0 Å². The third kappa shape index (κ3) is 5.48. The molecule has 1 aliphatic rings. The van der Waals surface area contributed by atoms with E-state index in [1.165, 1.54) is 5.56 Å². The molecule has 116 valence electrons. The van der Waals surface area contributed by atoms with Crippen molar-refractivity contribution in [2.75, 3.05) is 39.8 Å². The first-order valence-electron chi connectivity index (χ1n) is 7.88. The lowest BCUT2D eigenvalue weighted by Gasteiger charge is -2.37. The molecular formula is C17H27N3O. The van der Waals surface area contributed by atoms with Crippen molar-refractivity contribution >= 4 is 5.91 Å². The number of aryl methyl sites for hydroxylation is 1. The number of hydrogen-bond donors (Lipinski definition) is 1. The van der Waals surface area contributed by atoms with Crippen LogP contribution in [-0.4, -0.2) is 61.5 Å². The molecule has 4 heteroatoms. The molecule has 1 aliphatic heterocycles. The second-order valence-electron chi connectivity index (χ2n) is 6.02. The third-order valence-corrected chi connectivity index (χ3v) is 4.12. The molecular weight excluding hydrogens is 262 g/mol. The molecule has 1 atom stereocenters. The number of benzene rings is 1. The summed E-state index contributed by atoms with van der Waals surface area (Å²) in [5.41, 5.74) is 1.33. The van der Waals surface area contributed by atoms with Crippen molar-refractivity contribution < 1.29 is 4.79 Å². The molecule has 0 bridgehead atoms. The monoisotopic (exact) mass is 289 g/mol. The van der Waals surface area contributed by atoms with Gasteiger partial charge in [0.05, 0.1) is 6.54 Å². The molecule has 21 heavy (non-hydrogen) atoms. The molecule has 1 amide bonds. The number of hydrogen-bond acceptors (Lipinski definition) is 3. The predicted octanol–water partition coefficient (Wildman–Crippen LogP) is 1.37. The summed E-state index contributed by atoms with van der Waals surface area (Å²) in [7, 11) is 2.14. The van der Waals surface area contributed by atoms with Crippen LogP contribution in [0.3, 0.4) is 0 Å². The average Bonchev–Trinajstić information content (AvgIpc) is 2.48. The lowest BCUT2D eigenvalue weighted by atomic mass is 10.1. The summed E-state index contributed by atoms with van der Waals surface area (Å²) in [4.78, 5) is 16.6. The molecule has 1 saturated heterocycles. The van der Waals surface area contributed by atoms with Crippen molar-refractivity contribution in [3.63, 3.8) is 0 Å². The largest absolute Gasteiger partial charge is 0.355 e. The Bertz CT molecular complexity index is 435. The summed E-state index contributed by atoms with van der Waals surface area (Å²) in [6.07, 6.45) is 2.01. The summed E-state index contributed by atoms with van der Waals surface area (Å²) >= 11 is 0. The molecule has 1 aromatic rings. The molecule has 2 rings (SSSR count). The summed E-state index contributed by atoms with van der Waals surface area (Å²) in [5, 5.41) is 3.04. The van der Waals surface area contributed by atoms with Crippen LogP contribution in [0.4, 0.5) is 0 Å². The molecule has 0 radical (unpaired) electrons. The first-order valence-corrected chi connectivity index (χ1v) is 7.88. The van der Waals surface area contributed by atoms with Gasteiger partial charge in [0.1, 0.15) is 0 Å². The molecule has 4 nitrogen and oxygen atoms in total. The van der Waals surface area contributed by atoms with Crippen molar-refractivity contribution in [2.24, 2.45) is 0 Å². The van der Waals surface area contributed by atoms with E-state index < -0.39 is 0 Å². The highest BCUT2D eigenvalue weighted by molar-refractivity contribution is 5.78. The lowest BCUT2D eigenvalue weighted by Crippen LogP contribution is -2.53. The number of piperazine rings is 1. The smallest absolute Gasteiger partial charge is 0.234 e. The summed E-state index contributed by atoms with van der Waals surface area (Å²) < 4.78 is 0. The Hall–Kier alpha value is -1.39. The first kappa shape index (κ1) is 16.0. The zero-order valence-corrected chi connectivity index (χ0v) is 13.2. The van der Waals surface area contributed by atoms with E-state index in [2.05, 4.69) is 53.4 Å². The topological polar surface area (TPSA) is 35.6 Å². The number of carbonyl (C=O) groups is 1. The lowest BCUT2D eigenvalue weighted by molar-refractivity contribution is -0.123. The Morgan fingerprint density at radius 3 is 2.76 bits per heavy atom. The number of likely N-dealkylation sites (N-methyl/N-ethyl adjacent to an activating group) is 1. The molecule has 0 spiro atoms. The first-order chi connectivity index (χ1) is 10.1. The van der Waals surface area contributed by atoms with Gasteiger partial charge in [-0.3, -0.25) is 9.69 Å². The number of nitrogens with one attached hydrogen (secondary N) is 1. The van der Waals surface area contributed by atoms with E-state index in [-0.39, 0.29) is 5.91 Å². The highest BCUT2D eigenvalue weighted by Crippen LogP contribution is 2.07. The molecule has 1 heterocycles. The Morgan fingerprint density at radius 1 is 1.29 bits per heavy atom. The van der Waals surface area contributed by atoms with Crippen molar-refractivity contribution in [3.05, 3.63) is 35.9 Å². The SMILES string of the molecule is C[C@@H]1CN(C)CCN1CC(=O)NCCCc1ccccc1.